The number of nitrogen functional groups attached to an aromatic ring is 1. The highest BCUT2D eigenvalue weighted by Gasteiger charge is 2.20. The van der Waals surface area contributed by atoms with E-state index in [1.165, 1.54) is 6.07 Å². The van der Waals surface area contributed by atoms with Crippen LogP contribution in [0.1, 0.15) is 5.69 Å². The van der Waals surface area contributed by atoms with E-state index >= 15 is 0 Å². The van der Waals surface area contributed by atoms with Gasteiger partial charge in [-0.3, -0.25) is 14.8 Å². The maximum Gasteiger partial charge on any atom is 0.271 e. The van der Waals surface area contributed by atoms with Crippen LogP contribution < -0.4 is 10.5 Å². The molecule has 3 N–H and O–H groups in total. The van der Waals surface area contributed by atoms with E-state index < -0.39 is 14.9 Å². The van der Waals surface area contributed by atoms with Gasteiger partial charge in [0.05, 0.1) is 10.6 Å². The first kappa shape index (κ1) is 14.7. The van der Waals surface area contributed by atoms with Crippen molar-refractivity contribution in [2.45, 2.75) is 11.8 Å². The third-order valence-electron chi connectivity index (χ3n) is 2.62. The quantitative estimate of drug-likeness (QED) is 0.502. The summed E-state index contributed by atoms with van der Waals surface area (Å²) < 4.78 is 26.7. The number of sulfonamides is 1. The second-order valence-corrected chi connectivity index (χ2v) is 5.90. The molecule has 0 radical (unpaired) electrons. The van der Waals surface area contributed by atoms with Gasteiger partial charge in [-0.25, -0.2) is 13.4 Å². The number of benzene rings is 1. The Balaban J connectivity index is 2.38. The molecule has 2 rings (SSSR count). The zero-order valence-corrected chi connectivity index (χ0v) is 11.8. The fourth-order valence-electron chi connectivity index (χ4n) is 1.69. The van der Waals surface area contributed by atoms with Crippen molar-refractivity contribution in [3.63, 3.8) is 0 Å². The molecule has 0 bridgehead atoms. The summed E-state index contributed by atoms with van der Waals surface area (Å²) >= 11 is 0. The van der Waals surface area contributed by atoms with Crippen molar-refractivity contribution in [3.8, 4) is 0 Å². The number of nitrogens with two attached hydrogens (primary N) is 1. The van der Waals surface area contributed by atoms with Crippen molar-refractivity contribution in [1.82, 2.24) is 4.98 Å². The second kappa shape index (κ2) is 5.37. The third kappa shape index (κ3) is 3.26. The van der Waals surface area contributed by atoms with Crippen LogP contribution in [0.25, 0.3) is 0 Å². The number of rotatable bonds is 4. The van der Waals surface area contributed by atoms with Crippen LogP contribution in [-0.2, 0) is 10.0 Å². The summed E-state index contributed by atoms with van der Waals surface area (Å²) in [6.07, 6.45) is 0. The molecule has 0 unspecified atom stereocenters. The van der Waals surface area contributed by atoms with Crippen molar-refractivity contribution in [1.29, 1.82) is 0 Å². The molecule has 0 saturated heterocycles. The van der Waals surface area contributed by atoms with Gasteiger partial charge in [-0.15, -0.1) is 0 Å². The molecular formula is C12H12N4O4S. The number of non-ortho nitro benzene ring substituents is 1. The van der Waals surface area contributed by atoms with Gasteiger partial charge in [0, 0.05) is 17.8 Å². The Morgan fingerprint density at radius 1 is 1.29 bits per heavy atom. The predicted octanol–water partition coefficient (Wildman–Crippen LogP) is 1.68. The Morgan fingerprint density at radius 2 is 2.00 bits per heavy atom. The highest BCUT2D eigenvalue weighted by Crippen LogP contribution is 2.25. The number of pyridine rings is 1. The molecular weight excluding hydrogens is 296 g/mol. The molecule has 21 heavy (non-hydrogen) atoms. The van der Waals surface area contributed by atoms with Crippen molar-refractivity contribution in [3.05, 3.63) is 52.2 Å². The van der Waals surface area contributed by atoms with Crippen LogP contribution in [-0.4, -0.2) is 18.3 Å². The molecule has 8 nitrogen and oxygen atoms in total. The van der Waals surface area contributed by atoms with E-state index in [4.69, 9.17) is 5.73 Å². The fraction of sp³-hybridized carbons (Fsp3) is 0.0833. The van der Waals surface area contributed by atoms with E-state index in [2.05, 4.69) is 9.71 Å². The molecule has 9 heteroatoms. The minimum atomic E-state index is -3.96. The van der Waals surface area contributed by atoms with Gasteiger partial charge in [0.15, 0.2) is 0 Å². The van der Waals surface area contributed by atoms with E-state index in [1.807, 2.05) is 0 Å². The summed E-state index contributed by atoms with van der Waals surface area (Å²) in [5.74, 6) is 0.146. The summed E-state index contributed by atoms with van der Waals surface area (Å²) in [7, 11) is -3.96. The Kier molecular flexibility index (Phi) is 3.76. The smallest absolute Gasteiger partial charge is 0.271 e. The minimum absolute atomic E-state index is 0.146. The van der Waals surface area contributed by atoms with Gasteiger partial charge in [-0.1, -0.05) is 6.07 Å². The van der Waals surface area contributed by atoms with E-state index in [1.54, 1.807) is 19.1 Å². The first-order valence-electron chi connectivity index (χ1n) is 5.80. The maximum absolute atomic E-state index is 12.2. The van der Waals surface area contributed by atoms with Gasteiger partial charge >= 0.3 is 0 Å². The summed E-state index contributed by atoms with van der Waals surface area (Å²) in [4.78, 5) is 13.7. The Morgan fingerprint density at radius 3 is 2.57 bits per heavy atom. The van der Waals surface area contributed by atoms with Crippen LogP contribution in [0.2, 0.25) is 0 Å². The number of anilines is 2. The number of nitrogens with one attached hydrogen (secondary N) is 1. The number of hydrogen-bond donors (Lipinski definition) is 2. The number of aryl methyl sites for hydroxylation is 1. The zero-order chi connectivity index (χ0) is 15.6. The average Bonchev–Trinajstić information content (AvgIpc) is 2.37. The molecule has 1 aromatic heterocycles. The lowest BCUT2D eigenvalue weighted by Gasteiger charge is -2.09. The third-order valence-corrected chi connectivity index (χ3v) is 4.05. The molecule has 110 valence electrons. The summed E-state index contributed by atoms with van der Waals surface area (Å²) in [5.41, 5.74) is 5.75. The predicted molar refractivity (Wildman–Crippen MR) is 77.3 cm³/mol. The molecule has 0 aliphatic carbocycles. The van der Waals surface area contributed by atoms with Crippen molar-refractivity contribution < 1.29 is 13.3 Å². The monoisotopic (exact) mass is 308 g/mol. The molecule has 0 aliphatic heterocycles. The van der Waals surface area contributed by atoms with Gasteiger partial charge < -0.3 is 5.73 Å². The van der Waals surface area contributed by atoms with Gasteiger partial charge in [-0.05, 0) is 25.1 Å². The molecule has 0 aliphatic rings. The number of nitro groups is 1. The van der Waals surface area contributed by atoms with E-state index in [-0.39, 0.29) is 22.1 Å². The molecule has 1 heterocycles. The van der Waals surface area contributed by atoms with Gasteiger partial charge in [0.2, 0.25) is 0 Å². The van der Waals surface area contributed by atoms with Crippen LogP contribution in [0.4, 0.5) is 17.2 Å². The first-order valence-corrected chi connectivity index (χ1v) is 7.28. The van der Waals surface area contributed by atoms with Crippen molar-refractivity contribution >= 4 is 27.2 Å². The lowest BCUT2D eigenvalue weighted by atomic mass is 10.3. The summed E-state index contributed by atoms with van der Waals surface area (Å²) in [5, 5.41) is 10.6. The first-order chi connectivity index (χ1) is 9.79. The van der Waals surface area contributed by atoms with E-state index in [9.17, 15) is 18.5 Å². The number of aromatic nitrogens is 1. The van der Waals surface area contributed by atoms with Crippen molar-refractivity contribution in [2.24, 2.45) is 0 Å². The van der Waals surface area contributed by atoms with Crippen LogP contribution in [0.5, 0.6) is 0 Å². The molecule has 0 amide bonds. The normalized spacial score (nSPS) is 11.1. The standard InChI is InChI=1S/C12H12N4O4S/c1-8-3-2-4-12(14-8)15-21(19,20)11-6-5-9(16(17)18)7-10(11)13/h2-7H,13H2,1H3,(H,14,15). The lowest BCUT2D eigenvalue weighted by Crippen LogP contribution is -2.16. The van der Waals surface area contributed by atoms with Gasteiger partial charge in [-0.2, -0.15) is 0 Å². The Labute approximate surface area is 120 Å². The summed E-state index contributed by atoms with van der Waals surface area (Å²) in [6.45, 7) is 1.72. The zero-order valence-electron chi connectivity index (χ0n) is 11.0. The van der Waals surface area contributed by atoms with Crippen LogP contribution >= 0.6 is 0 Å². The number of nitro benzene ring substituents is 1. The largest absolute Gasteiger partial charge is 0.397 e. The second-order valence-electron chi connectivity index (χ2n) is 4.25. The molecule has 0 spiro atoms. The van der Waals surface area contributed by atoms with Crippen LogP contribution in [0.15, 0.2) is 41.3 Å². The molecule has 0 saturated carbocycles. The fourth-order valence-corrected chi connectivity index (χ4v) is 2.80. The van der Waals surface area contributed by atoms with E-state index in [0.29, 0.717) is 5.69 Å². The molecule has 0 atom stereocenters. The highest BCUT2D eigenvalue weighted by atomic mass is 32.2. The van der Waals surface area contributed by atoms with Crippen LogP contribution in [0.3, 0.4) is 0 Å². The van der Waals surface area contributed by atoms with Crippen LogP contribution in [0, 0.1) is 17.0 Å². The van der Waals surface area contributed by atoms with Gasteiger partial charge in [0.1, 0.15) is 10.7 Å². The maximum atomic E-state index is 12.2. The topological polar surface area (TPSA) is 128 Å². The Hall–Kier alpha value is -2.68. The lowest BCUT2D eigenvalue weighted by molar-refractivity contribution is -0.384. The number of hydrogen-bond acceptors (Lipinski definition) is 6. The average molecular weight is 308 g/mol. The highest BCUT2D eigenvalue weighted by molar-refractivity contribution is 7.92. The summed E-state index contributed by atoms with van der Waals surface area (Å²) in [6, 6.07) is 8.03. The van der Waals surface area contributed by atoms with E-state index in [0.717, 1.165) is 18.2 Å². The SMILES string of the molecule is Cc1cccc(NS(=O)(=O)c2ccc([N+](=O)[O-])cc2N)n1. The molecule has 2 aromatic rings. The Bertz CT molecular complexity index is 805. The molecule has 0 fully saturated rings. The molecule has 1 aromatic carbocycles. The number of nitrogens with zero attached hydrogens (tertiary/aromatic N) is 2. The van der Waals surface area contributed by atoms with Gasteiger partial charge in [0.25, 0.3) is 15.7 Å². The minimum Gasteiger partial charge on any atom is -0.397 e. The van der Waals surface area contributed by atoms with Crippen molar-refractivity contribution in [2.75, 3.05) is 10.5 Å².